The van der Waals surface area contributed by atoms with Crippen LogP contribution in [0.1, 0.15) is 0 Å². The number of benzene rings is 8. The first kappa shape index (κ1) is 28.8. The molecule has 0 saturated heterocycles. The quantitative estimate of drug-likeness (QED) is 0.176. The molecule has 0 fully saturated rings. The molecule has 0 aliphatic carbocycles. The zero-order valence-corrected chi connectivity index (χ0v) is 28.1. The minimum absolute atomic E-state index is 0.810. The lowest BCUT2D eigenvalue weighted by molar-refractivity contribution is 1.08. The van der Waals surface area contributed by atoms with Gasteiger partial charge in [0.25, 0.3) is 0 Å². The normalized spacial score (nSPS) is 11.8. The van der Waals surface area contributed by atoms with Gasteiger partial charge in [0.1, 0.15) is 5.69 Å². The SMILES string of the molecule is c1ccc(-c2ccc(-c3nc4c(ccc5ccccc54)nc3-n3c4cccc5c6ccccc6n(-c6ccccc6)c6cccc3c6c54)cc2)cc1. The van der Waals surface area contributed by atoms with Crippen molar-refractivity contribution in [2.45, 2.75) is 0 Å². The van der Waals surface area contributed by atoms with Gasteiger partial charge < -0.3 is 4.57 Å². The van der Waals surface area contributed by atoms with Crippen LogP contribution in [0.5, 0.6) is 0 Å². The molecule has 0 atom stereocenters. The maximum absolute atomic E-state index is 5.54. The summed E-state index contributed by atoms with van der Waals surface area (Å²) < 4.78 is 4.75. The largest absolute Gasteiger partial charge is 0.309 e. The average Bonchev–Trinajstić information content (AvgIpc) is 3.50. The third-order valence-corrected chi connectivity index (χ3v) is 10.5. The topological polar surface area (TPSA) is 35.6 Å². The highest BCUT2D eigenvalue weighted by molar-refractivity contribution is 6.28. The predicted molar refractivity (Wildman–Crippen MR) is 217 cm³/mol. The molecule has 0 aliphatic rings. The lowest BCUT2D eigenvalue weighted by Gasteiger charge is -2.16. The lowest BCUT2D eigenvalue weighted by atomic mass is 10.0. The average molecular weight is 663 g/mol. The van der Waals surface area contributed by atoms with Gasteiger partial charge in [0.2, 0.25) is 0 Å². The second-order valence-corrected chi connectivity index (χ2v) is 13.4. The van der Waals surface area contributed by atoms with E-state index >= 15 is 0 Å². The smallest absolute Gasteiger partial charge is 0.165 e. The molecule has 4 nitrogen and oxygen atoms in total. The zero-order chi connectivity index (χ0) is 34.2. The van der Waals surface area contributed by atoms with Gasteiger partial charge in [-0.05, 0) is 64.4 Å². The van der Waals surface area contributed by atoms with Crippen LogP contribution < -0.4 is 0 Å². The molecule has 8 aromatic carbocycles. The highest BCUT2D eigenvalue weighted by atomic mass is 15.1. The van der Waals surface area contributed by atoms with E-state index in [1.807, 2.05) is 0 Å². The fourth-order valence-corrected chi connectivity index (χ4v) is 8.19. The molecule has 0 bridgehead atoms. The third kappa shape index (κ3) is 4.21. The van der Waals surface area contributed by atoms with E-state index in [9.17, 15) is 0 Å². The van der Waals surface area contributed by atoms with Crippen LogP contribution in [0.4, 0.5) is 0 Å². The fourth-order valence-electron chi connectivity index (χ4n) is 8.19. The first-order chi connectivity index (χ1) is 25.8. The van der Waals surface area contributed by atoms with Gasteiger partial charge in [0.15, 0.2) is 5.82 Å². The molecule has 0 radical (unpaired) electrons. The van der Waals surface area contributed by atoms with Gasteiger partial charge in [0, 0.05) is 32.8 Å². The summed E-state index contributed by atoms with van der Waals surface area (Å²) in [5.74, 6) is 0.810. The zero-order valence-electron chi connectivity index (χ0n) is 28.1. The molecule has 4 heteroatoms. The van der Waals surface area contributed by atoms with E-state index in [0.717, 1.165) is 72.2 Å². The highest BCUT2D eigenvalue weighted by Gasteiger charge is 2.24. The van der Waals surface area contributed by atoms with Crippen molar-refractivity contribution in [1.82, 2.24) is 19.1 Å². The van der Waals surface area contributed by atoms with E-state index < -0.39 is 0 Å². The Labute approximate surface area is 299 Å². The van der Waals surface area contributed by atoms with E-state index in [4.69, 9.17) is 9.97 Å². The van der Waals surface area contributed by atoms with Crippen molar-refractivity contribution in [2.24, 2.45) is 0 Å². The minimum atomic E-state index is 0.810. The van der Waals surface area contributed by atoms with Crippen molar-refractivity contribution in [1.29, 1.82) is 0 Å². The summed E-state index contributed by atoms with van der Waals surface area (Å²) in [6.45, 7) is 0. The van der Waals surface area contributed by atoms with E-state index in [-0.39, 0.29) is 0 Å². The van der Waals surface area contributed by atoms with Crippen molar-refractivity contribution in [3.05, 3.63) is 182 Å². The lowest BCUT2D eigenvalue weighted by Crippen LogP contribution is -2.04. The van der Waals surface area contributed by atoms with E-state index in [2.05, 4.69) is 191 Å². The number of fused-ring (bicyclic) bond motifs is 5. The molecule has 52 heavy (non-hydrogen) atoms. The van der Waals surface area contributed by atoms with Crippen molar-refractivity contribution in [3.63, 3.8) is 0 Å². The molecular formula is C48H30N4. The van der Waals surface area contributed by atoms with Gasteiger partial charge in [-0.1, -0.05) is 140 Å². The molecule has 0 N–H and O–H groups in total. The van der Waals surface area contributed by atoms with Crippen molar-refractivity contribution < 1.29 is 0 Å². The second-order valence-electron chi connectivity index (χ2n) is 13.4. The Bertz CT molecular complexity index is 3160. The molecule has 11 aromatic rings. The standard InChI is InChI=1S/C48H30N4/c1-3-13-31(14-4-1)32-25-27-34(28-26-32)46-48(49-39-30-29-33-15-7-8-18-36(33)47(39)50-46)52-41-22-11-20-38-37-19-9-10-21-40(37)51(35-16-5-2-6-17-35)42-23-12-24-43(52)45(42)44(38)41/h1-30H. The summed E-state index contributed by atoms with van der Waals surface area (Å²) >= 11 is 0. The Hall–Kier alpha value is -7.04. The van der Waals surface area contributed by atoms with Gasteiger partial charge in [-0.15, -0.1) is 0 Å². The number of rotatable bonds is 4. The Kier molecular flexibility index (Phi) is 6.22. The molecule has 0 aliphatic heterocycles. The van der Waals surface area contributed by atoms with E-state index in [0.29, 0.717) is 0 Å². The van der Waals surface area contributed by atoms with E-state index in [1.165, 1.54) is 27.1 Å². The number of hydrogen-bond acceptors (Lipinski definition) is 2. The van der Waals surface area contributed by atoms with Crippen molar-refractivity contribution >= 4 is 65.4 Å². The van der Waals surface area contributed by atoms with Crippen LogP contribution in [0.25, 0.3) is 99.3 Å². The Morgan fingerprint density at radius 3 is 1.73 bits per heavy atom. The molecule has 242 valence electrons. The van der Waals surface area contributed by atoms with Crippen LogP contribution in [0.2, 0.25) is 0 Å². The summed E-state index contributed by atoms with van der Waals surface area (Å²) in [7, 11) is 0. The number of para-hydroxylation sites is 2. The molecular weight excluding hydrogens is 633 g/mol. The van der Waals surface area contributed by atoms with Crippen LogP contribution >= 0.6 is 0 Å². The predicted octanol–water partition coefficient (Wildman–Crippen LogP) is 12.3. The first-order valence-corrected chi connectivity index (χ1v) is 17.7. The van der Waals surface area contributed by atoms with Crippen LogP contribution in [0.15, 0.2) is 182 Å². The number of aromatic nitrogens is 4. The summed E-state index contributed by atoms with van der Waals surface area (Å²) in [5, 5.41) is 7.05. The number of nitrogens with zero attached hydrogens (tertiary/aromatic N) is 4. The summed E-state index contributed by atoms with van der Waals surface area (Å²) in [4.78, 5) is 11.1. The number of hydrogen-bond donors (Lipinski definition) is 0. The highest BCUT2D eigenvalue weighted by Crippen LogP contribution is 2.43. The monoisotopic (exact) mass is 662 g/mol. The molecule has 0 unspecified atom stereocenters. The van der Waals surface area contributed by atoms with E-state index in [1.54, 1.807) is 0 Å². The molecule has 3 heterocycles. The van der Waals surface area contributed by atoms with Crippen molar-refractivity contribution in [2.75, 3.05) is 0 Å². The van der Waals surface area contributed by atoms with Gasteiger partial charge in [0.05, 0.1) is 33.1 Å². The van der Waals surface area contributed by atoms with Crippen LogP contribution in [0, 0.1) is 0 Å². The molecule has 3 aromatic heterocycles. The van der Waals surface area contributed by atoms with Gasteiger partial charge >= 0.3 is 0 Å². The third-order valence-electron chi connectivity index (χ3n) is 10.5. The molecule has 11 rings (SSSR count). The van der Waals surface area contributed by atoms with Gasteiger partial charge in [-0.3, -0.25) is 4.57 Å². The summed E-state index contributed by atoms with van der Waals surface area (Å²) in [6.07, 6.45) is 0. The van der Waals surface area contributed by atoms with Crippen LogP contribution in [0.3, 0.4) is 0 Å². The second kappa shape index (κ2) is 11.2. The summed E-state index contributed by atoms with van der Waals surface area (Å²) in [6, 6.07) is 64.7. The van der Waals surface area contributed by atoms with Crippen LogP contribution in [-0.2, 0) is 0 Å². The fraction of sp³-hybridized carbons (Fsp3) is 0. The van der Waals surface area contributed by atoms with Crippen molar-refractivity contribution in [3.8, 4) is 33.9 Å². The maximum atomic E-state index is 5.54. The van der Waals surface area contributed by atoms with Gasteiger partial charge in [-0.2, -0.15) is 0 Å². The minimum Gasteiger partial charge on any atom is -0.309 e. The summed E-state index contributed by atoms with van der Waals surface area (Å²) in [5.41, 5.74) is 11.6. The molecule has 0 spiro atoms. The maximum Gasteiger partial charge on any atom is 0.165 e. The molecule has 0 amide bonds. The Morgan fingerprint density at radius 2 is 0.923 bits per heavy atom. The van der Waals surface area contributed by atoms with Gasteiger partial charge in [-0.25, -0.2) is 9.97 Å². The Balaban J connectivity index is 1.29. The first-order valence-electron chi connectivity index (χ1n) is 17.7. The Morgan fingerprint density at radius 1 is 0.346 bits per heavy atom. The molecule has 0 saturated carbocycles. The van der Waals surface area contributed by atoms with Crippen LogP contribution in [-0.4, -0.2) is 19.1 Å².